The molecular weight excluding hydrogens is 378 g/mol. The number of carbonyl (C=O) groups excluding carboxylic acids is 2. The summed E-state index contributed by atoms with van der Waals surface area (Å²) in [5.41, 5.74) is 0.609. The first-order chi connectivity index (χ1) is 13.5. The first kappa shape index (κ1) is 20.1. The first-order valence-electron chi connectivity index (χ1n) is 9.24. The van der Waals surface area contributed by atoms with Gasteiger partial charge >= 0.3 is 6.03 Å². The Balaban J connectivity index is 1.40. The summed E-state index contributed by atoms with van der Waals surface area (Å²) in [4.78, 5) is 31.0. The number of morpholine rings is 1. The molecule has 9 heteroatoms. The highest BCUT2D eigenvalue weighted by molar-refractivity contribution is 7.12. The van der Waals surface area contributed by atoms with Crippen molar-refractivity contribution in [2.75, 3.05) is 36.4 Å². The Hall–Kier alpha value is -2.65. The van der Waals surface area contributed by atoms with E-state index < -0.39 is 0 Å². The Labute approximate surface area is 168 Å². The molecule has 1 aliphatic rings. The normalized spacial score (nSPS) is 19.1. The van der Waals surface area contributed by atoms with Crippen LogP contribution < -0.4 is 20.9 Å². The highest BCUT2D eigenvalue weighted by atomic mass is 32.1. The number of hydrogen-bond donors (Lipinski definition) is 3. The van der Waals surface area contributed by atoms with Crippen LogP contribution in [0.15, 0.2) is 35.8 Å². The Morgan fingerprint density at radius 3 is 2.57 bits per heavy atom. The van der Waals surface area contributed by atoms with Gasteiger partial charge in [0.05, 0.1) is 29.0 Å². The lowest BCUT2D eigenvalue weighted by atomic mass is 10.2. The second-order valence-corrected chi connectivity index (χ2v) is 7.63. The van der Waals surface area contributed by atoms with Crippen LogP contribution >= 0.6 is 11.3 Å². The quantitative estimate of drug-likeness (QED) is 0.644. The van der Waals surface area contributed by atoms with Crippen molar-refractivity contribution < 1.29 is 14.3 Å². The van der Waals surface area contributed by atoms with Gasteiger partial charge in [0.1, 0.15) is 5.82 Å². The van der Waals surface area contributed by atoms with E-state index >= 15 is 0 Å². The summed E-state index contributed by atoms with van der Waals surface area (Å²) in [6.07, 6.45) is 1.96. The third-order valence-electron chi connectivity index (χ3n) is 4.19. The number of carbonyl (C=O) groups is 2. The number of pyridine rings is 1. The van der Waals surface area contributed by atoms with Crippen LogP contribution in [0.3, 0.4) is 0 Å². The van der Waals surface area contributed by atoms with E-state index in [1.165, 1.54) is 11.3 Å². The molecule has 3 rings (SSSR count). The molecule has 3 N–H and O–H groups in total. The predicted octanol–water partition coefficient (Wildman–Crippen LogP) is 2.31. The molecule has 1 aliphatic heterocycles. The molecule has 0 aromatic carbocycles. The molecule has 28 heavy (non-hydrogen) atoms. The molecule has 0 bridgehead atoms. The molecule has 0 unspecified atom stereocenters. The molecule has 2 aromatic heterocycles. The van der Waals surface area contributed by atoms with Crippen molar-refractivity contribution in [2.24, 2.45) is 0 Å². The zero-order chi connectivity index (χ0) is 19.9. The topological polar surface area (TPSA) is 95.6 Å². The van der Waals surface area contributed by atoms with Crippen LogP contribution in [-0.4, -0.2) is 55.3 Å². The Kier molecular flexibility index (Phi) is 6.83. The van der Waals surface area contributed by atoms with E-state index in [1.54, 1.807) is 12.3 Å². The molecule has 2 aromatic rings. The monoisotopic (exact) mass is 403 g/mol. The molecule has 1 saturated heterocycles. The van der Waals surface area contributed by atoms with Crippen LogP contribution in [0.5, 0.6) is 0 Å². The van der Waals surface area contributed by atoms with Crippen LogP contribution in [0.25, 0.3) is 0 Å². The average molecular weight is 404 g/mol. The molecule has 8 nitrogen and oxygen atoms in total. The molecule has 2 atom stereocenters. The predicted molar refractivity (Wildman–Crippen MR) is 110 cm³/mol. The van der Waals surface area contributed by atoms with Gasteiger partial charge in [-0.2, -0.15) is 0 Å². The van der Waals surface area contributed by atoms with Gasteiger partial charge in [-0.25, -0.2) is 9.78 Å². The van der Waals surface area contributed by atoms with Gasteiger partial charge in [0.2, 0.25) is 0 Å². The van der Waals surface area contributed by atoms with Gasteiger partial charge in [0.25, 0.3) is 5.91 Å². The number of aromatic nitrogens is 1. The van der Waals surface area contributed by atoms with Gasteiger partial charge in [0, 0.05) is 26.2 Å². The number of anilines is 2. The molecule has 3 amide bonds. The smallest absolute Gasteiger partial charge is 0.319 e. The largest absolute Gasteiger partial charge is 0.372 e. The Bertz CT molecular complexity index is 771. The van der Waals surface area contributed by atoms with Crippen molar-refractivity contribution in [3.05, 3.63) is 40.7 Å². The highest BCUT2D eigenvalue weighted by Gasteiger charge is 2.23. The van der Waals surface area contributed by atoms with Gasteiger partial charge in [-0.3, -0.25) is 4.79 Å². The maximum absolute atomic E-state index is 12.0. The van der Waals surface area contributed by atoms with Crippen LogP contribution in [0, 0.1) is 0 Å². The summed E-state index contributed by atoms with van der Waals surface area (Å²) in [5, 5.41) is 10.0. The second-order valence-electron chi connectivity index (χ2n) is 6.68. The van der Waals surface area contributed by atoms with E-state index in [0.717, 1.165) is 18.9 Å². The molecule has 1 fully saturated rings. The molecule has 3 heterocycles. The molecule has 0 radical (unpaired) electrons. The number of ether oxygens (including phenoxy) is 1. The summed E-state index contributed by atoms with van der Waals surface area (Å²) in [7, 11) is 0. The van der Waals surface area contributed by atoms with E-state index in [0.29, 0.717) is 23.7 Å². The van der Waals surface area contributed by atoms with Crippen molar-refractivity contribution >= 4 is 34.8 Å². The SMILES string of the molecule is C[C@@H]1CN(c2ccc(NC(=O)NCCNC(=O)c3cccs3)cn2)C[C@@H](C)O1. The van der Waals surface area contributed by atoms with E-state index in [4.69, 9.17) is 4.74 Å². The number of rotatable bonds is 6. The number of thiophene rings is 1. The van der Waals surface area contributed by atoms with Crippen LogP contribution in [0.1, 0.15) is 23.5 Å². The van der Waals surface area contributed by atoms with Gasteiger partial charge in [-0.15, -0.1) is 11.3 Å². The molecule has 0 spiro atoms. The third kappa shape index (κ3) is 5.67. The maximum Gasteiger partial charge on any atom is 0.319 e. The minimum Gasteiger partial charge on any atom is -0.372 e. The van der Waals surface area contributed by atoms with Crippen LogP contribution in [-0.2, 0) is 4.74 Å². The fourth-order valence-corrected chi connectivity index (χ4v) is 3.67. The number of hydrogen-bond acceptors (Lipinski definition) is 6. The summed E-state index contributed by atoms with van der Waals surface area (Å²) >= 11 is 1.38. The van der Waals surface area contributed by atoms with Crippen molar-refractivity contribution in [1.29, 1.82) is 0 Å². The van der Waals surface area contributed by atoms with Crippen molar-refractivity contribution in [2.45, 2.75) is 26.1 Å². The van der Waals surface area contributed by atoms with E-state index in [-0.39, 0.29) is 24.1 Å². The van der Waals surface area contributed by atoms with Crippen molar-refractivity contribution in [3.63, 3.8) is 0 Å². The molecule has 0 saturated carbocycles. The molecular formula is C19H25N5O3S. The molecule has 0 aliphatic carbocycles. The zero-order valence-electron chi connectivity index (χ0n) is 16.0. The van der Waals surface area contributed by atoms with E-state index in [9.17, 15) is 9.59 Å². The Morgan fingerprint density at radius 2 is 1.93 bits per heavy atom. The number of nitrogens with zero attached hydrogens (tertiary/aromatic N) is 2. The molecule has 150 valence electrons. The lowest BCUT2D eigenvalue weighted by Crippen LogP contribution is -2.45. The number of nitrogens with one attached hydrogen (secondary N) is 3. The van der Waals surface area contributed by atoms with Crippen LogP contribution in [0.2, 0.25) is 0 Å². The minimum atomic E-state index is -0.339. The van der Waals surface area contributed by atoms with Gasteiger partial charge < -0.3 is 25.6 Å². The third-order valence-corrected chi connectivity index (χ3v) is 5.06. The lowest BCUT2D eigenvalue weighted by molar-refractivity contribution is -0.00545. The van der Waals surface area contributed by atoms with Gasteiger partial charge in [0.15, 0.2) is 0 Å². The fraction of sp³-hybridized carbons (Fsp3) is 0.421. The van der Waals surface area contributed by atoms with E-state index in [2.05, 4.69) is 25.8 Å². The summed E-state index contributed by atoms with van der Waals surface area (Å²) in [6, 6.07) is 6.96. The second kappa shape index (κ2) is 9.52. The first-order valence-corrected chi connectivity index (χ1v) is 10.1. The fourth-order valence-electron chi connectivity index (χ4n) is 3.03. The van der Waals surface area contributed by atoms with Gasteiger partial charge in [-0.05, 0) is 37.4 Å². The van der Waals surface area contributed by atoms with E-state index in [1.807, 2.05) is 37.4 Å². The Morgan fingerprint density at radius 1 is 1.18 bits per heavy atom. The van der Waals surface area contributed by atoms with Crippen molar-refractivity contribution in [1.82, 2.24) is 15.6 Å². The average Bonchev–Trinajstić information content (AvgIpc) is 3.20. The number of amides is 3. The number of urea groups is 1. The lowest BCUT2D eigenvalue weighted by Gasteiger charge is -2.36. The maximum atomic E-state index is 12.0. The highest BCUT2D eigenvalue weighted by Crippen LogP contribution is 2.19. The van der Waals surface area contributed by atoms with Crippen molar-refractivity contribution in [3.8, 4) is 0 Å². The zero-order valence-corrected chi connectivity index (χ0v) is 16.8. The summed E-state index contributed by atoms with van der Waals surface area (Å²) in [5.74, 6) is 0.730. The van der Waals surface area contributed by atoms with Gasteiger partial charge in [-0.1, -0.05) is 6.07 Å². The van der Waals surface area contributed by atoms with Crippen LogP contribution in [0.4, 0.5) is 16.3 Å². The standard InChI is InChI=1S/C19H25N5O3S/c1-13-11-24(12-14(2)27-13)17-6-5-15(10-22-17)23-19(26)21-8-7-20-18(25)16-4-3-9-28-16/h3-6,9-10,13-14H,7-8,11-12H2,1-2H3,(H,20,25)(H2,21,23,26)/t13-,14-/m1/s1. The summed E-state index contributed by atoms with van der Waals surface area (Å²) in [6.45, 7) is 6.37. The summed E-state index contributed by atoms with van der Waals surface area (Å²) < 4.78 is 5.74. The minimum absolute atomic E-state index is 0.135.